The highest BCUT2D eigenvalue weighted by Crippen LogP contribution is 2.14. The van der Waals surface area contributed by atoms with Crippen molar-refractivity contribution in [3.63, 3.8) is 0 Å². The largest absolute Gasteiger partial charge is 0.382 e. The molecule has 6 heteroatoms. The minimum atomic E-state index is -0.483. The molecule has 2 amide bonds. The number of nitrogens with zero attached hydrogens (tertiary/aromatic N) is 2. The zero-order chi connectivity index (χ0) is 15.4. The van der Waals surface area contributed by atoms with E-state index in [0.717, 1.165) is 11.3 Å². The lowest BCUT2D eigenvalue weighted by Crippen LogP contribution is -2.26. The Morgan fingerprint density at radius 1 is 1.33 bits per heavy atom. The second kappa shape index (κ2) is 6.39. The Hall–Kier alpha value is -2.37. The molecule has 0 aromatic heterocycles. The average molecular weight is 289 g/mol. The molecule has 1 heterocycles. The first-order valence-electron chi connectivity index (χ1n) is 6.81. The molecule has 0 bridgehead atoms. The Balaban J connectivity index is 1.99. The van der Waals surface area contributed by atoms with E-state index >= 15 is 0 Å². The maximum Gasteiger partial charge on any atom is 0.266 e. The third-order valence-electron chi connectivity index (χ3n) is 3.32. The van der Waals surface area contributed by atoms with Crippen molar-refractivity contribution in [3.8, 4) is 0 Å². The third kappa shape index (κ3) is 3.81. The molecule has 1 saturated heterocycles. The summed E-state index contributed by atoms with van der Waals surface area (Å²) in [6.45, 7) is 3.98. The number of rotatable bonds is 4. The highest BCUT2D eigenvalue weighted by Gasteiger charge is 2.31. The van der Waals surface area contributed by atoms with E-state index < -0.39 is 6.10 Å². The fraction of sp³-hybridized carbons (Fsp3) is 0.400. The van der Waals surface area contributed by atoms with Crippen molar-refractivity contribution in [2.75, 3.05) is 18.9 Å². The van der Waals surface area contributed by atoms with Gasteiger partial charge in [0.1, 0.15) is 0 Å². The van der Waals surface area contributed by atoms with Crippen molar-refractivity contribution in [2.24, 2.45) is 5.16 Å². The van der Waals surface area contributed by atoms with E-state index in [9.17, 15) is 9.59 Å². The van der Waals surface area contributed by atoms with E-state index in [1.165, 1.54) is 6.92 Å². The number of amides is 2. The van der Waals surface area contributed by atoms with E-state index in [1.54, 1.807) is 24.1 Å². The van der Waals surface area contributed by atoms with Crippen molar-refractivity contribution in [3.05, 3.63) is 29.8 Å². The third-order valence-corrected chi connectivity index (χ3v) is 3.32. The van der Waals surface area contributed by atoms with Gasteiger partial charge in [-0.3, -0.25) is 9.59 Å². The first kappa shape index (κ1) is 15.0. The van der Waals surface area contributed by atoms with E-state index in [4.69, 9.17) is 4.84 Å². The first-order valence-corrected chi connectivity index (χ1v) is 6.81. The van der Waals surface area contributed by atoms with Gasteiger partial charge in [0.2, 0.25) is 12.0 Å². The Kier molecular flexibility index (Phi) is 4.57. The number of carbonyl (C=O) groups excluding carboxylic acids is 2. The van der Waals surface area contributed by atoms with Crippen LogP contribution in [0.15, 0.2) is 29.4 Å². The minimum absolute atomic E-state index is 0.0347. The topological polar surface area (TPSA) is 71.0 Å². The van der Waals surface area contributed by atoms with E-state index in [2.05, 4.69) is 10.5 Å². The number of hydrogen-bond donors (Lipinski definition) is 1. The summed E-state index contributed by atoms with van der Waals surface area (Å²) in [5.74, 6) is -0.145. The number of anilines is 1. The molecule has 21 heavy (non-hydrogen) atoms. The molecule has 1 atom stereocenters. The fourth-order valence-corrected chi connectivity index (χ4v) is 2.08. The van der Waals surface area contributed by atoms with Crippen LogP contribution >= 0.6 is 0 Å². The van der Waals surface area contributed by atoms with Crippen molar-refractivity contribution >= 4 is 23.2 Å². The molecular formula is C15H19N3O3. The van der Waals surface area contributed by atoms with Crippen LogP contribution in [0.5, 0.6) is 0 Å². The van der Waals surface area contributed by atoms with Gasteiger partial charge in [0.15, 0.2) is 0 Å². The zero-order valence-electron chi connectivity index (χ0n) is 12.4. The molecule has 1 unspecified atom stereocenters. The van der Waals surface area contributed by atoms with E-state index in [1.807, 2.05) is 19.1 Å². The molecule has 1 fully saturated rings. The normalized spacial score (nSPS) is 18.8. The van der Waals surface area contributed by atoms with Crippen LogP contribution in [0.4, 0.5) is 5.69 Å². The molecule has 0 radical (unpaired) electrons. The van der Waals surface area contributed by atoms with Crippen LogP contribution in [-0.4, -0.2) is 42.1 Å². The van der Waals surface area contributed by atoms with Gasteiger partial charge in [0, 0.05) is 32.6 Å². The van der Waals surface area contributed by atoms with Gasteiger partial charge < -0.3 is 15.1 Å². The Labute approximate surface area is 123 Å². The second-order valence-electron chi connectivity index (χ2n) is 5.08. The number of likely N-dealkylation sites (N-methyl/N-ethyl adjacent to an activating group) is 1. The van der Waals surface area contributed by atoms with Gasteiger partial charge in [-0.25, -0.2) is 0 Å². The van der Waals surface area contributed by atoms with Crippen molar-refractivity contribution in [1.29, 1.82) is 0 Å². The van der Waals surface area contributed by atoms with Gasteiger partial charge in [0.25, 0.3) is 5.91 Å². The molecular weight excluding hydrogens is 270 g/mol. The van der Waals surface area contributed by atoms with Gasteiger partial charge in [-0.15, -0.1) is 0 Å². The summed E-state index contributed by atoms with van der Waals surface area (Å²) < 4.78 is 0. The lowest BCUT2D eigenvalue weighted by Gasteiger charge is -2.09. The summed E-state index contributed by atoms with van der Waals surface area (Å²) in [6.07, 6.45) is 0.178. The molecule has 6 nitrogen and oxygen atoms in total. The van der Waals surface area contributed by atoms with Crippen molar-refractivity contribution in [2.45, 2.75) is 26.4 Å². The van der Waals surface area contributed by atoms with Crippen LogP contribution in [0.1, 0.15) is 25.8 Å². The molecule has 1 aliphatic rings. The molecule has 2 rings (SSSR count). The van der Waals surface area contributed by atoms with Gasteiger partial charge in [-0.1, -0.05) is 17.3 Å². The molecule has 1 N–H and O–H groups in total. The summed E-state index contributed by atoms with van der Waals surface area (Å²) in [7, 11) is 1.75. The highest BCUT2D eigenvalue weighted by molar-refractivity contribution is 5.99. The molecule has 1 aromatic carbocycles. The Morgan fingerprint density at radius 2 is 2.00 bits per heavy atom. The average Bonchev–Trinajstić information content (AvgIpc) is 2.76. The molecule has 0 saturated carbocycles. The van der Waals surface area contributed by atoms with Gasteiger partial charge >= 0.3 is 0 Å². The summed E-state index contributed by atoms with van der Waals surface area (Å²) in [6, 6.07) is 7.28. The van der Waals surface area contributed by atoms with Gasteiger partial charge in [-0.2, -0.15) is 0 Å². The van der Waals surface area contributed by atoms with Crippen LogP contribution in [-0.2, 0) is 14.4 Å². The first-order chi connectivity index (χ1) is 9.97. The predicted octanol–water partition coefficient (Wildman–Crippen LogP) is 1.62. The quantitative estimate of drug-likeness (QED) is 0.676. The second-order valence-corrected chi connectivity index (χ2v) is 5.08. The van der Waals surface area contributed by atoms with Crippen LogP contribution < -0.4 is 5.32 Å². The van der Waals surface area contributed by atoms with Gasteiger partial charge in [0.05, 0.1) is 5.71 Å². The number of hydrogen-bond acceptors (Lipinski definition) is 4. The number of oxime groups is 1. The van der Waals surface area contributed by atoms with Crippen molar-refractivity contribution in [1.82, 2.24) is 4.90 Å². The molecule has 0 aliphatic carbocycles. The van der Waals surface area contributed by atoms with E-state index in [0.29, 0.717) is 18.7 Å². The predicted molar refractivity (Wildman–Crippen MR) is 80.1 cm³/mol. The SMILES string of the molecule is CC(=O)Nc1ccc(/C(C)=N/OC2CCN(C)C2=O)cc1. The van der Waals surface area contributed by atoms with Gasteiger partial charge in [-0.05, 0) is 24.6 Å². The van der Waals surface area contributed by atoms with E-state index in [-0.39, 0.29) is 11.8 Å². The maximum absolute atomic E-state index is 11.7. The minimum Gasteiger partial charge on any atom is -0.382 e. The van der Waals surface area contributed by atoms with Crippen LogP contribution in [0, 0.1) is 0 Å². The highest BCUT2D eigenvalue weighted by atomic mass is 16.6. The summed E-state index contributed by atoms with van der Waals surface area (Å²) in [5, 5.41) is 6.73. The monoisotopic (exact) mass is 289 g/mol. The number of likely N-dealkylation sites (tertiary alicyclic amines) is 1. The van der Waals surface area contributed by atoms with Crippen molar-refractivity contribution < 1.29 is 14.4 Å². The van der Waals surface area contributed by atoms with Crippen LogP contribution in [0.3, 0.4) is 0 Å². The smallest absolute Gasteiger partial charge is 0.266 e. The lowest BCUT2D eigenvalue weighted by molar-refractivity contribution is -0.136. The summed E-state index contributed by atoms with van der Waals surface area (Å²) in [5.41, 5.74) is 2.29. The molecule has 1 aliphatic heterocycles. The zero-order valence-corrected chi connectivity index (χ0v) is 12.4. The summed E-state index contributed by atoms with van der Waals surface area (Å²) in [4.78, 5) is 29.6. The number of benzene rings is 1. The Morgan fingerprint density at radius 3 is 2.52 bits per heavy atom. The number of carbonyl (C=O) groups is 2. The standard InChI is InChI=1S/C15H19N3O3/c1-10(17-21-14-8-9-18(3)15(14)20)12-4-6-13(7-5-12)16-11(2)19/h4-7,14H,8-9H2,1-3H3,(H,16,19)/b17-10+. The fourth-order valence-electron chi connectivity index (χ4n) is 2.08. The Bertz CT molecular complexity index is 566. The summed E-state index contributed by atoms with van der Waals surface area (Å²) >= 11 is 0. The van der Waals surface area contributed by atoms with Crippen LogP contribution in [0.2, 0.25) is 0 Å². The van der Waals surface area contributed by atoms with Crippen LogP contribution in [0.25, 0.3) is 0 Å². The molecule has 0 spiro atoms. The lowest BCUT2D eigenvalue weighted by atomic mass is 10.1. The molecule has 112 valence electrons. The number of nitrogens with one attached hydrogen (secondary N) is 1. The maximum atomic E-state index is 11.7. The molecule has 1 aromatic rings.